The van der Waals surface area contributed by atoms with Crippen LogP contribution >= 0.6 is 23.2 Å². The number of rotatable bonds is 2. The quantitative estimate of drug-likeness (QED) is 0.742. The number of aryl methyl sites for hydroxylation is 1. The zero-order chi connectivity index (χ0) is 15.0. The summed E-state index contributed by atoms with van der Waals surface area (Å²) in [6, 6.07) is 13.4. The van der Waals surface area contributed by atoms with E-state index in [0.29, 0.717) is 15.7 Å². The van der Waals surface area contributed by atoms with Crippen molar-refractivity contribution in [3.8, 4) is 16.9 Å². The van der Waals surface area contributed by atoms with Crippen molar-refractivity contribution in [3.05, 3.63) is 64.3 Å². The molecule has 0 aliphatic carbocycles. The van der Waals surface area contributed by atoms with Crippen molar-refractivity contribution in [2.75, 3.05) is 5.73 Å². The zero-order valence-corrected chi connectivity index (χ0v) is 12.9. The molecule has 3 aromatic rings. The molecule has 2 N–H and O–H groups in total. The molecule has 0 amide bonds. The highest BCUT2D eigenvalue weighted by molar-refractivity contribution is 6.42. The molecule has 0 aliphatic rings. The molecule has 21 heavy (non-hydrogen) atoms. The van der Waals surface area contributed by atoms with Gasteiger partial charge in [0.2, 0.25) is 0 Å². The lowest BCUT2D eigenvalue weighted by molar-refractivity contribution is 0.884. The molecule has 0 unspecified atom stereocenters. The number of hydrogen-bond donors (Lipinski definition) is 1. The lowest BCUT2D eigenvalue weighted by Crippen LogP contribution is -1.94. The molecular formula is C16H13Cl2N3. The van der Waals surface area contributed by atoms with Crippen LogP contribution in [0.3, 0.4) is 0 Å². The molecule has 0 aliphatic heterocycles. The van der Waals surface area contributed by atoms with Crippen LogP contribution in [0.5, 0.6) is 0 Å². The van der Waals surface area contributed by atoms with Gasteiger partial charge in [-0.05, 0) is 31.2 Å². The van der Waals surface area contributed by atoms with E-state index in [1.54, 1.807) is 23.0 Å². The fourth-order valence-electron chi connectivity index (χ4n) is 2.16. The summed E-state index contributed by atoms with van der Waals surface area (Å²) in [7, 11) is 0. The molecule has 1 heterocycles. The molecule has 0 bridgehead atoms. The van der Waals surface area contributed by atoms with Gasteiger partial charge in [-0.2, -0.15) is 5.10 Å². The SMILES string of the molecule is Cc1cccc(-c2nn(-c3ccc(Cl)c(Cl)c3)cc2N)c1. The third-order valence-electron chi connectivity index (χ3n) is 3.20. The smallest absolute Gasteiger partial charge is 0.116 e. The molecule has 0 atom stereocenters. The number of nitrogens with zero attached hydrogens (tertiary/aromatic N) is 2. The van der Waals surface area contributed by atoms with Gasteiger partial charge in [-0.25, -0.2) is 4.68 Å². The molecular weight excluding hydrogens is 305 g/mol. The Morgan fingerprint density at radius 3 is 2.57 bits per heavy atom. The molecule has 106 valence electrons. The van der Waals surface area contributed by atoms with Crippen LogP contribution in [0.4, 0.5) is 5.69 Å². The molecule has 0 saturated carbocycles. The minimum Gasteiger partial charge on any atom is -0.396 e. The van der Waals surface area contributed by atoms with Gasteiger partial charge >= 0.3 is 0 Å². The van der Waals surface area contributed by atoms with Crippen LogP contribution in [0.1, 0.15) is 5.56 Å². The molecule has 0 saturated heterocycles. The van der Waals surface area contributed by atoms with Gasteiger partial charge in [0.25, 0.3) is 0 Å². The minimum absolute atomic E-state index is 0.486. The summed E-state index contributed by atoms with van der Waals surface area (Å²) in [6.07, 6.45) is 1.78. The van der Waals surface area contributed by atoms with Gasteiger partial charge < -0.3 is 5.73 Å². The van der Waals surface area contributed by atoms with Crippen LogP contribution in [-0.4, -0.2) is 9.78 Å². The predicted octanol–water partition coefficient (Wildman–Crippen LogP) is 4.74. The van der Waals surface area contributed by atoms with E-state index in [0.717, 1.165) is 22.5 Å². The first kappa shape index (κ1) is 14.0. The molecule has 3 rings (SSSR count). The Morgan fingerprint density at radius 1 is 1.05 bits per heavy atom. The first-order chi connectivity index (χ1) is 10.0. The van der Waals surface area contributed by atoms with E-state index in [1.165, 1.54) is 0 Å². The van der Waals surface area contributed by atoms with E-state index in [2.05, 4.69) is 11.2 Å². The van der Waals surface area contributed by atoms with Crippen LogP contribution in [0, 0.1) is 6.92 Å². The average molecular weight is 318 g/mol. The molecule has 0 radical (unpaired) electrons. The zero-order valence-electron chi connectivity index (χ0n) is 11.3. The summed E-state index contributed by atoms with van der Waals surface area (Å²) < 4.78 is 1.70. The fraction of sp³-hybridized carbons (Fsp3) is 0.0625. The Kier molecular flexibility index (Phi) is 3.62. The summed E-state index contributed by atoms with van der Waals surface area (Å²) >= 11 is 12.0. The van der Waals surface area contributed by atoms with Gasteiger partial charge in [0, 0.05) is 5.56 Å². The third kappa shape index (κ3) is 2.75. The van der Waals surface area contributed by atoms with Gasteiger partial charge in [0.1, 0.15) is 5.69 Å². The highest BCUT2D eigenvalue weighted by atomic mass is 35.5. The monoisotopic (exact) mass is 317 g/mol. The highest BCUT2D eigenvalue weighted by Gasteiger charge is 2.10. The Hall–Kier alpha value is -1.97. The summed E-state index contributed by atoms with van der Waals surface area (Å²) in [5.74, 6) is 0. The standard InChI is InChI=1S/C16H13Cl2N3/c1-10-3-2-4-11(7-10)16-15(19)9-21(20-16)12-5-6-13(17)14(18)8-12/h2-9H,19H2,1H3. The van der Waals surface area contributed by atoms with E-state index in [1.807, 2.05) is 31.2 Å². The van der Waals surface area contributed by atoms with Crippen molar-refractivity contribution < 1.29 is 0 Å². The van der Waals surface area contributed by atoms with Crippen molar-refractivity contribution in [3.63, 3.8) is 0 Å². The second-order valence-electron chi connectivity index (χ2n) is 4.85. The highest BCUT2D eigenvalue weighted by Crippen LogP contribution is 2.28. The molecule has 2 aromatic carbocycles. The summed E-state index contributed by atoms with van der Waals surface area (Å²) in [6.45, 7) is 2.04. The second kappa shape index (κ2) is 5.43. The Balaban J connectivity index is 2.07. The van der Waals surface area contributed by atoms with E-state index in [9.17, 15) is 0 Å². The van der Waals surface area contributed by atoms with Crippen molar-refractivity contribution >= 4 is 28.9 Å². The lowest BCUT2D eigenvalue weighted by Gasteiger charge is -2.03. The minimum atomic E-state index is 0.486. The van der Waals surface area contributed by atoms with Crippen LogP contribution in [0.25, 0.3) is 16.9 Å². The van der Waals surface area contributed by atoms with Crippen molar-refractivity contribution in [1.82, 2.24) is 9.78 Å². The summed E-state index contributed by atoms with van der Waals surface area (Å²) in [5.41, 5.74) is 10.4. The number of halogens is 2. The Bertz CT molecular complexity index is 809. The molecule has 1 aromatic heterocycles. The van der Waals surface area contributed by atoms with Crippen LogP contribution < -0.4 is 5.73 Å². The average Bonchev–Trinajstić information content (AvgIpc) is 2.84. The maximum atomic E-state index is 6.09. The van der Waals surface area contributed by atoms with Gasteiger partial charge in [-0.1, -0.05) is 47.0 Å². The fourth-order valence-corrected chi connectivity index (χ4v) is 2.46. The molecule has 5 heteroatoms. The number of anilines is 1. The number of nitrogen functional groups attached to an aromatic ring is 1. The number of aromatic nitrogens is 2. The predicted molar refractivity (Wildman–Crippen MR) is 88.2 cm³/mol. The Labute approximate surface area is 132 Å². The first-order valence-electron chi connectivity index (χ1n) is 6.42. The maximum Gasteiger partial charge on any atom is 0.116 e. The van der Waals surface area contributed by atoms with Crippen LogP contribution in [0.15, 0.2) is 48.7 Å². The number of benzene rings is 2. The lowest BCUT2D eigenvalue weighted by atomic mass is 10.1. The summed E-state index contributed by atoms with van der Waals surface area (Å²) in [4.78, 5) is 0. The normalized spacial score (nSPS) is 10.8. The Morgan fingerprint density at radius 2 is 1.86 bits per heavy atom. The van der Waals surface area contributed by atoms with E-state index in [-0.39, 0.29) is 0 Å². The molecule has 0 spiro atoms. The van der Waals surface area contributed by atoms with E-state index >= 15 is 0 Å². The van der Waals surface area contributed by atoms with Gasteiger partial charge in [0.15, 0.2) is 0 Å². The van der Waals surface area contributed by atoms with Crippen LogP contribution in [0.2, 0.25) is 10.0 Å². The van der Waals surface area contributed by atoms with Gasteiger partial charge in [-0.15, -0.1) is 0 Å². The van der Waals surface area contributed by atoms with Crippen molar-refractivity contribution in [2.45, 2.75) is 6.92 Å². The summed E-state index contributed by atoms with van der Waals surface area (Å²) in [5, 5.41) is 5.55. The third-order valence-corrected chi connectivity index (χ3v) is 3.94. The van der Waals surface area contributed by atoms with Crippen LogP contribution in [-0.2, 0) is 0 Å². The largest absolute Gasteiger partial charge is 0.396 e. The second-order valence-corrected chi connectivity index (χ2v) is 5.66. The van der Waals surface area contributed by atoms with Crippen molar-refractivity contribution in [2.24, 2.45) is 0 Å². The van der Waals surface area contributed by atoms with Crippen molar-refractivity contribution in [1.29, 1.82) is 0 Å². The molecule has 3 nitrogen and oxygen atoms in total. The molecule has 0 fully saturated rings. The number of hydrogen-bond acceptors (Lipinski definition) is 2. The number of nitrogens with two attached hydrogens (primary N) is 1. The van der Waals surface area contributed by atoms with E-state index < -0.39 is 0 Å². The van der Waals surface area contributed by atoms with Gasteiger partial charge in [-0.3, -0.25) is 0 Å². The van der Waals surface area contributed by atoms with E-state index in [4.69, 9.17) is 28.9 Å². The first-order valence-corrected chi connectivity index (χ1v) is 7.18. The topological polar surface area (TPSA) is 43.8 Å². The van der Waals surface area contributed by atoms with Gasteiger partial charge in [0.05, 0.1) is 27.6 Å². The maximum absolute atomic E-state index is 6.09.